The molecule has 8 heteroatoms. The first-order valence-electron chi connectivity index (χ1n) is 13.0. The molecule has 196 valence electrons. The highest BCUT2D eigenvalue weighted by molar-refractivity contribution is 5.93. The number of nitrogens with zero attached hydrogens (tertiary/aromatic N) is 4. The van der Waals surface area contributed by atoms with Gasteiger partial charge in [0.05, 0.1) is 18.0 Å². The smallest absolute Gasteiger partial charge is 0.270 e. The molecule has 0 aliphatic carbocycles. The van der Waals surface area contributed by atoms with Crippen molar-refractivity contribution in [1.29, 1.82) is 5.26 Å². The van der Waals surface area contributed by atoms with Gasteiger partial charge in [-0.15, -0.1) is 0 Å². The number of nitrogens with two attached hydrogens (primary N) is 1. The van der Waals surface area contributed by atoms with Gasteiger partial charge in [0.1, 0.15) is 17.3 Å². The molecule has 1 amide bonds. The molecule has 2 aromatic heterocycles. The Morgan fingerprint density at radius 2 is 2.05 bits per heavy atom. The van der Waals surface area contributed by atoms with E-state index in [4.69, 9.17) is 10.5 Å². The number of nitrogens with one attached hydrogen (secondary N) is 1. The zero-order valence-corrected chi connectivity index (χ0v) is 22.4. The van der Waals surface area contributed by atoms with Crippen molar-refractivity contribution >= 4 is 17.2 Å². The molecule has 2 aromatic rings. The Bertz CT molecular complexity index is 1190. The summed E-state index contributed by atoms with van der Waals surface area (Å²) in [6.07, 6.45) is 9.22. The Balaban J connectivity index is 1.48. The number of rotatable bonds is 10. The minimum atomic E-state index is -0.306. The van der Waals surface area contributed by atoms with Crippen LogP contribution in [0.5, 0.6) is 5.88 Å². The number of hydrogen-bond acceptors (Lipinski definition) is 7. The van der Waals surface area contributed by atoms with Crippen LogP contribution in [0.4, 0.5) is 5.69 Å². The van der Waals surface area contributed by atoms with Crippen molar-refractivity contribution < 1.29 is 9.53 Å². The third-order valence-corrected chi connectivity index (χ3v) is 6.64. The van der Waals surface area contributed by atoms with Crippen molar-refractivity contribution in [3.8, 4) is 11.9 Å². The summed E-state index contributed by atoms with van der Waals surface area (Å²) in [7, 11) is 0. The number of amides is 1. The number of nitrogen functional groups attached to an aromatic ring is 1. The minimum Gasteiger partial charge on any atom is -0.477 e. The molecule has 3 N–H and O–H groups in total. The van der Waals surface area contributed by atoms with Gasteiger partial charge in [-0.05, 0) is 82.3 Å². The molecule has 8 nitrogen and oxygen atoms in total. The van der Waals surface area contributed by atoms with Crippen molar-refractivity contribution in [2.45, 2.75) is 47.0 Å². The summed E-state index contributed by atoms with van der Waals surface area (Å²) in [5.74, 6) is 0.202. The summed E-state index contributed by atoms with van der Waals surface area (Å²) < 4.78 is 5.39. The lowest BCUT2D eigenvalue weighted by Crippen LogP contribution is -2.39. The standard InChI is InChI=1S/C29H38N6O2/c1-5-23-8-7-13-32-27(23)21(4)10-9-20(3)19-35-14-11-22(12-15-35)18-33-28(36)26-16-25(31)24(17-30)29(34-26)37-6-2/h7-10,13,16,22H,5-6,11-12,14-15,18-19H2,1-4H3,(H2,31,34)(H,33,36). The summed E-state index contributed by atoms with van der Waals surface area (Å²) >= 11 is 0. The van der Waals surface area contributed by atoms with E-state index in [2.05, 4.69) is 59.2 Å². The highest BCUT2D eigenvalue weighted by Crippen LogP contribution is 2.23. The van der Waals surface area contributed by atoms with Crippen molar-refractivity contribution in [2.75, 3.05) is 38.5 Å². The van der Waals surface area contributed by atoms with Gasteiger partial charge in [-0.2, -0.15) is 5.26 Å². The third-order valence-electron chi connectivity index (χ3n) is 6.64. The molecular weight excluding hydrogens is 464 g/mol. The molecule has 0 spiro atoms. The third kappa shape index (κ3) is 7.64. The Labute approximate surface area is 220 Å². The van der Waals surface area contributed by atoms with E-state index < -0.39 is 0 Å². The van der Waals surface area contributed by atoms with Crippen LogP contribution in [0.2, 0.25) is 0 Å². The molecule has 37 heavy (non-hydrogen) atoms. The van der Waals surface area contributed by atoms with E-state index >= 15 is 0 Å². The quantitative estimate of drug-likeness (QED) is 0.463. The van der Waals surface area contributed by atoms with Crippen molar-refractivity contribution in [3.63, 3.8) is 0 Å². The van der Waals surface area contributed by atoms with E-state index in [1.807, 2.05) is 18.3 Å². The Hall–Kier alpha value is -3.70. The van der Waals surface area contributed by atoms with Gasteiger partial charge in [-0.3, -0.25) is 14.7 Å². The highest BCUT2D eigenvalue weighted by atomic mass is 16.5. The molecule has 1 aliphatic rings. The number of carbonyl (C=O) groups excluding carboxylic acids is 1. The second-order valence-electron chi connectivity index (χ2n) is 9.48. The van der Waals surface area contributed by atoms with Crippen LogP contribution in [-0.2, 0) is 6.42 Å². The maximum Gasteiger partial charge on any atom is 0.270 e. The van der Waals surface area contributed by atoms with Gasteiger partial charge < -0.3 is 15.8 Å². The number of anilines is 1. The molecule has 3 rings (SSSR count). The first-order chi connectivity index (χ1) is 17.9. The number of aryl methyl sites for hydroxylation is 1. The summed E-state index contributed by atoms with van der Waals surface area (Å²) in [6, 6.07) is 7.54. The largest absolute Gasteiger partial charge is 0.477 e. The fourth-order valence-electron chi connectivity index (χ4n) is 4.52. The maximum absolute atomic E-state index is 12.7. The second kappa shape index (κ2) is 13.6. The fraction of sp³-hybridized carbons (Fsp3) is 0.448. The number of hydrogen-bond donors (Lipinski definition) is 2. The van der Waals surface area contributed by atoms with Crippen molar-refractivity contribution in [1.82, 2.24) is 20.2 Å². The number of aromatic nitrogens is 2. The summed E-state index contributed by atoms with van der Waals surface area (Å²) in [6.45, 7) is 12.1. The molecule has 0 aromatic carbocycles. The molecule has 1 aliphatic heterocycles. The molecule has 1 saturated heterocycles. The SMILES string of the molecule is CCOc1nc(C(=O)NCC2CCN(CC(C)=CC=C(C)c3ncccc3CC)CC2)cc(N)c1C#N. The molecule has 0 bridgehead atoms. The lowest BCUT2D eigenvalue weighted by Gasteiger charge is -2.32. The van der Waals surface area contributed by atoms with Gasteiger partial charge >= 0.3 is 0 Å². The van der Waals surface area contributed by atoms with Crippen LogP contribution in [0.3, 0.4) is 0 Å². The average molecular weight is 503 g/mol. The van der Waals surface area contributed by atoms with Gasteiger partial charge in [0.25, 0.3) is 5.91 Å². The summed E-state index contributed by atoms with van der Waals surface area (Å²) in [5.41, 5.74) is 11.3. The van der Waals surface area contributed by atoms with Gasteiger partial charge in [0.2, 0.25) is 5.88 Å². The van der Waals surface area contributed by atoms with E-state index in [1.54, 1.807) is 6.92 Å². The average Bonchev–Trinajstić information content (AvgIpc) is 2.91. The first kappa shape index (κ1) is 27.9. The predicted molar refractivity (Wildman–Crippen MR) is 147 cm³/mol. The van der Waals surface area contributed by atoms with Crippen LogP contribution in [-0.4, -0.2) is 53.6 Å². The molecular formula is C29H38N6O2. The highest BCUT2D eigenvalue weighted by Gasteiger charge is 2.21. The Morgan fingerprint density at radius 1 is 1.30 bits per heavy atom. The Morgan fingerprint density at radius 3 is 2.73 bits per heavy atom. The van der Waals surface area contributed by atoms with Crippen molar-refractivity contribution in [2.24, 2.45) is 5.92 Å². The second-order valence-corrected chi connectivity index (χ2v) is 9.48. The Kier molecular flexibility index (Phi) is 10.2. The number of allylic oxidation sites excluding steroid dienone is 3. The number of carbonyl (C=O) groups is 1. The van der Waals surface area contributed by atoms with E-state index in [-0.39, 0.29) is 28.7 Å². The van der Waals surface area contributed by atoms with E-state index in [0.29, 0.717) is 19.1 Å². The number of nitriles is 1. The predicted octanol–water partition coefficient (Wildman–Crippen LogP) is 4.38. The lowest BCUT2D eigenvalue weighted by molar-refractivity contribution is 0.0931. The topological polar surface area (TPSA) is 117 Å². The van der Waals surface area contributed by atoms with Crippen LogP contribution in [0.1, 0.15) is 67.8 Å². The van der Waals surface area contributed by atoms with Crippen molar-refractivity contribution in [3.05, 3.63) is 64.6 Å². The van der Waals surface area contributed by atoms with Crippen LogP contribution in [0, 0.1) is 17.2 Å². The van der Waals surface area contributed by atoms with E-state index in [9.17, 15) is 10.1 Å². The molecule has 0 unspecified atom stereocenters. The minimum absolute atomic E-state index is 0.0998. The van der Waals surface area contributed by atoms with Crippen LogP contribution < -0.4 is 15.8 Å². The van der Waals surface area contributed by atoms with E-state index in [0.717, 1.165) is 44.6 Å². The van der Waals surface area contributed by atoms with Gasteiger partial charge in [0.15, 0.2) is 0 Å². The number of ether oxygens (including phenoxy) is 1. The molecule has 0 saturated carbocycles. The molecule has 0 radical (unpaired) electrons. The van der Waals surface area contributed by atoms with Crippen LogP contribution in [0.15, 0.2) is 42.1 Å². The zero-order chi connectivity index (χ0) is 26.8. The maximum atomic E-state index is 12.7. The van der Waals surface area contributed by atoms with Crippen LogP contribution >= 0.6 is 0 Å². The first-order valence-corrected chi connectivity index (χ1v) is 13.0. The molecule has 0 atom stereocenters. The molecule has 1 fully saturated rings. The monoisotopic (exact) mass is 502 g/mol. The normalized spacial score (nSPS) is 15.3. The van der Waals surface area contributed by atoms with Crippen LogP contribution in [0.25, 0.3) is 5.57 Å². The number of pyridine rings is 2. The zero-order valence-electron chi connectivity index (χ0n) is 22.4. The summed E-state index contributed by atoms with van der Waals surface area (Å²) in [5, 5.41) is 12.2. The number of piperidine rings is 1. The number of likely N-dealkylation sites (tertiary alicyclic amines) is 1. The van der Waals surface area contributed by atoms with E-state index in [1.165, 1.54) is 22.8 Å². The van der Waals surface area contributed by atoms with Gasteiger partial charge in [0, 0.05) is 19.3 Å². The van der Waals surface area contributed by atoms with Gasteiger partial charge in [-0.1, -0.05) is 30.7 Å². The summed E-state index contributed by atoms with van der Waals surface area (Å²) in [4.78, 5) is 23.9. The molecule has 3 heterocycles. The lowest BCUT2D eigenvalue weighted by atomic mass is 9.96. The van der Waals surface area contributed by atoms with Gasteiger partial charge in [-0.25, -0.2) is 4.98 Å². The fourth-order valence-corrected chi connectivity index (χ4v) is 4.52.